The van der Waals surface area contributed by atoms with Crippen molar-refractivity contribution in [2.45, 2.75) is 31.3 Å². The van der Waals surface area contributed by atoms with Crippen molar-refractivity contribution >= 4 is 57.0 Å². The molecule has 0 spiro atoms. The number of hydrogen-bond donors (Lipinski definition) is 2. The van der Waals surface area contributed by atoms with Crippen molar-refractivity contribution in [2.24, 2.45) is 6.98 Å². The second kappa shape index (κ2) is 8.07. The van der Waals surface area contributed by atoms with Gasteiger partial charge in [-0.1, -0.05) is 0 Å². The largest absolute Gasteiger partial charge is 0.453 e. The maximum atomic E-state index is 13.3. The van der Waals surface area contributed by atoms with Crippen molar-refractivity contribution in [1.29, 1.82) is 0 Å². The molecular weight excluding hydrogens is 527 g/mol. The number of methoxy groups -OCH3 is 1. The molecular formula is C20H21IN8O3. The van der Waals surface area contributed by atoms with E-state index in [4.69, 9.17) is 4.11 Å². The summed E-state index contributed by atoms with van der Waals surface area (Å²) in [6.07, 6.45) is 4.24. The van der Waals surface area contributed by atoms with Crippen molar-refractivity contribution < 1.29 is 13.6 Å². The molecule has 5 rings (SSSR count). The van der Waals surface area contributed by atoms with Gasteiger partial charge in [-0.2, -0.15) is 0 Å². The average Bonchev–Trinajstić information content (AvgIpc) is 3.48. The number of nitrogens with zero attached hydrogens (tertiary/aromatic N) is 6. The lowest BCUT2D eigenvalue weighted by Gasteiger charge is -2.14. The Kier molecular flexibility index (Phi) is 4.39. The Labute approximate surface area is 200 Å². The van der Waals surface area contributed by atoms with Crippen LogP contribution in [0.4, 0.5) is 16.4 Å². The third kappa shape index (κ3) is 3.57. The summed E-state index contributed by atoms with van der Waals surface area (Å²) in [6, 6.07) is 4.73. The normalized spacial score (nSPS) is 20.1. The van der Waals surface area contributed by atoms with Gasteiger partial charge >= 0.3 is 11.8 Å². The Morgan fingerprint density at radius 3 is 2.94 bits per heavy atom. The molecule has 166 valence electrons. The van der Waals surface area contributed by atoms with E-state index in [0.29, 0.717) is 42.1 Å². The molecule has 4 heterocycles. The predicted octanol–water partition coefficient (Wildman–Crippen LogP) is 2.58. The van der Waals surface area contributed by atoms with Crippen LogP contribution in [-0.2, 0) is 11.7 Å². The van der Waals surface area contributed by atoms with Crippen LogP contribution in [0.1, 0.15) is 29.4 Å². The summed E-state index contributed by atoms with van der Waals surface area (Å²) in [5, 5.41) is 10.4. The van der Waals surface area contributed by atoms with Gasteiger partial charge in [0.2, 0.25) is 0 Å². The molecule has 0 saturated heterocycles. The van der Waals surface area contributed by atoms with Gasteiger partial charge in [-0.05, 0) is 54.0 Å². The van der Waals surface area contributed by atoms with Crippen LogP contribution < -0.4 is 16.3 Å². The number of nitrogens with one attached hydrogen (secondary N) is 2. The molecule has 1 amide bonds. The number of imidazole rings is 2. The van der Waals surface area contributed by atoms with E-state index >= 15 is 0 Å². The molecule has 0 aliphatic heterocycles. The molecule has 2 N–H and O–H groups in total. The molecule has 0 aromatic carbocycles. The maximum Gasteiger partial charge on any atom is 0.407 e. The first kappa shape index (κ1) is 17.4. The van der Waals surface area contributed by atoms with Crippen LogP contribution in [0, 0.1) is 3.70 Å². The third-order valence-electron chi connectivity index (χ3n) is 5.61. The van der Waals surface area contributed by atoms with Gasteiger partial charge in [0.25, 0.3) is 0 Å². The van der Waals surface area contributed by atoms with Gasteiger partial charge in [-0.25, -0.2) is 24.1 Å². The number of pyridine rings is 1. The molecule has 1 fully saturated rings. The topological polar surface area (TPSA) is 120 Å². The van der Waals surface area contributed by atoms with Crippen LogP contribution in [-0.4, -0.2) is 48.0 Å². The van der Waals surface area contributed by atoms with Crippen molar-refractivity contribution in [1.82, 2.24) is 34.0 Å². The second-order valence-corrected chi connectivity index (χ2v) is 8.65. The lowest BCUT2D eigenvalue weighted by atomic mass is 10.2. The number of rotatable bonds is 4. The number of hydrogen-bond acceptors (Lipinski definition) is 7. The first-order chi connectivity index (χ1) is 16.7. The van der Waals surface area contributed by atoms with Crippen LogP contribution in [0.25, 0.3) is 16.7 Å². The monoisotopic (exact) mass is 551 g/mol. The van der Waals surface area contributed by atoms with E-state index in [1.165, 1.54) is 17.9 Å². The number of anilines is 2. The van der Waals surface area contributed by atoms with Gasteiger partial charge in [0.15, 0.2) is 11.5 Å². The fraction of sp³-hybridized carbons (Fsp3) is 0.350. The Morgan fingerprint density at radius 1 is 1.25 bits per heavy atom. The molecule has 32 heavy (non-hydrogen) atoms. The third-order valence-corrected chi connectivity index (χ3v) is 6.35. The minimum absolute atomic E-state index is 0.182. The summed E-state index contributed by atoms with van der Waals surface area (Å²) in [7, 11) is 1.29. The Hall–Kier alpha value is -3.16. The molecule has 1 aliphatic carbocycles. The minimum atomic E-state index is -2.68. The minimum Gasteiger partial charge on any atom is -0.453 e. The van der Waals surface area contributed by atoms with Crippen LogP contribution in [0.3, 0.4) is 0 Å². The van der Waals surface area contributed by atoms with Gasteiger partial charge in [0.05, 0.1) is 30.5 Å². The predicted molar refractivity (Wildman–Crippen MR) is 126 cm³/mol. The highest BCUT2D eigenvalue weighted by atomic mass is 127. The zero-order chi connectivity index (χ0) is 24.9. The van der Waals surface area contributed by atoms with Gasteiger partial charge < -0.3 is 15.4 Å². The number of carbonyl (C=O) groups is 1. The highest BCUT2D eigenvalue weighted by Crippen LogP contribution is 2.32. The smallest absolute Gasteiger partial charge is 0.407 e. The summed E-state index contributed by atoms with van der Waals surface area (Å²) < 4.78 is 33.2. The maximum absolute atomic E-state index is 13.3. The van der Waals surface area contributed by atoms with E-state index in [-0.39, 0.29) is 17.6 Å². The van der Waals surface area contributed by atoms with Crippen molar-refractivity contribution in [3.8, 4) is 0 Å². The van der Waals surface area contributed by atoms with Crippen LogP contribution in [0.2, 0.25) is 0 Å². The van der Waals surface area contributed by atoms with Crippen LogP contribution >= 0.6 is 22.6 Å². The average molecular weight is 551 g/mol. The fourth-order valence-electron chi connectivity index (χ4n) is 4.13. The zero-order valence-electron chi connectivity index (χ0n) is 19.9. The van der Waals surface area contributed by atoms with Gasteiger partial charge in [0.1, 0.15) is 9.52 Å². The summed E-state index contributed by atoms with van der Waals surface area (Å²) >= 11 is 2.13. The molecule has 1 aliphatic rings. The van der Waals surface area contributed by atoms with E-state index in [2.05, 4.69) is 53.0 Å². The van der Waals surface area contributed by atoms with Crippen LogP contribution in [0.15, 0.2) is 35.4 Å². The number of alkyl carbamates (subject to hydrolysis) is 1. The van der Waals surface area contributed by atoms with E-state index in [9.17, 15) is 9.59 Å². The van der Waals surface area contributed by atoms with Crippen LogP contribution in [0.5, 0.6) is 0 Å². The molecule has 12 heteroatoms. The SMILES string of the molecule is [2H]C([2H])([2H])n1c(=O)n([C@@H]2CC[C@@H](NC(=O)OC)C2)c2cc(Nc3ccc4ncc(I)n4n3)ncc21. The second-order valence-electron chi connectivity index (χ2n) is 7.54. The summed E-state index contributed by atoms with van der Waals surface area (Å²) in [4.78, 5) is 33.5. The molecule has 1 saturated carbocycles. The number of ether oxygens (including phenoxy) is 1. The lowest BCUT2D eigenvalue weighted by molar-refractivity contribution is 0.166. The highest BCUT2D eigenvalue weighted by Gasteiger charge is 2.30. The summed E-state index contributed by atoms with van der Waals surface area (Å²) in [5.41, 5.74) is 0.696. The molecule has 4 aromatic rings. The van der Waals surface area contributed by atoms with E-state index < -0.39 is 18.8 Å². The van der Waals surface area contributed by atoms with Crippen molar-refractivity contribution in [2.75, 3.05) is 12.4 Å². The van der Waals surface area contributed by atoms with Gasteiger partial charge in [0, 0.05) is 29.2 Å². The standard InChI is InChI=1S/C20H21IN8O3/c1-27-14-9-22-17(25-16-5-6-18-23-10-15(21)29(18)26-16)8-13(14)28(20(27)31)12-4-3-11(7-12)24-19(30)32-2/h5-6,8-12H,3-4,7H2,1-2H3,(H,24,30)(H,22,25,26)/t11-,12-/m1/s1/i1D3. The first-order valence-electron chi connectivity index (χ1n) is 11.4. The Morgan fingerprint density at radius 2 is 2.12 bits per heavy atom. The zero-order valence-corrected chi connectivity index (χ0v) is 19.1. The summed E-state index contributed by atoms with van der Waals surface area (Å²) in [5.74, 6) is 0.908. The number of halogens is 1. The highest BCUT2D eigenvalue weighted by molar-refractivity contribution is 14.1. The van der Waals surface area contributed by atoms with E-state index in [1.54, 1.807) is 22.8 Å². The number of carbonyl (C=O) groups excluding carboxylic acids is 1. The Bertz CT molecular complexity index is 1490. The number of aryl methyl sites for hydroxylation is 1. The van der Waals surface area contributed by atoms with Crippen molar-refractivity contribution in [3.63, 3.8) is 0 Å². The molecule has 11 nitrogen and oxygen atoms in total. The lowest BCUT2D eigenvalue weighted by Crippen LogP contribution is -2.33. The molecule has 4 aromatic heterocycles. The molecule has 0 radical (unpaired) electrons. The quantitative estimate of drug-likeness (QED) is 0.374. The first-order valence-corrected chi connectivity index (χ1v) is 11.0. The fourth-order valence-corrected chi connectivity index (χ4v) is 4.62. The number of aromatic nitrogens is 6. The Balaban J connectivity index is 1.54. The number of fused-ring (bicyclic) bond motifs is 2. The number of amides is 1. The van der Waals surface area contributed by atoms with E-state index in [0.717, 1.165) is 8.27 Å². The van der Waals surface area contributed by atoms with Gasteiger partial charge in [-0.3, -0.25) is 9.13 Å². The molecule has 0 bridgehead atoms. The van der Waals surface area contributed by atoms with E-state index in [1.807, 2.05) is 6.07 Å². The molecule has 2 atom stereocenters. The van der Waals surface area contributed by atoms with Gasteiger partial charge in [-0.15, -0.1) is 5.10 Å². The molecule has 0 unspecified atom stereocenters. The summed E-state index contributed by atoms with van der Waals surface area (Å²) in [6.45, 7) is -2.68. The van der Waals surface area contributed by atoms with Crippen molar-refractivity contribution in [3.05, 3.63) is 44.8 Å².